The second-order valence-electron chi connectivity index (χ2n) is 5.22. The van der Waals surface area contributed by atoms with E-state index >= 15 is 0 Å². The Bertz CT molecular complexity index is 452. The van der Waals surface area contributed by atoms with E-state index in [2.05, 4.69) is 39.5 Å². The van der Waals surface area contributed by atoms with Gasteiger partial charge in [0.25, 0.3) is 0 Å². The molecule has 130 valence electrons. The molecule has 1 aromatic rings. The number of rotatable bonds is 10. The van der Waals surface area contributed by atoms with Crippen LogP contribution in [0, 0.1) is 0 Å². The summed E-state index contributed by atoms with van der Waals surface area (Å²) in [5.74, 6) is 0.842. The number of hydrogen-bond donors (Lipinski definition) is 2. The average molecular weight is 342 g/mol. The molecule has 0 saturated heterocycles. The maximum atomic E-state index is 5.78. The molecule has 1 aromatic heterocycles. The molecule has 0 unspecified atom stereocenters. The molecule has 0 amide bonds. The van der Waals surface area contributed by atoms with E-state index in [1.54, 1.807) is 13.3 Å². The molecule has 0 fully saturated rings. The molecule has 2 N–H and O–H groups in total. The number of aromatic nitrogens is 1. The van der Waals surface area contributed by atoms with E-state index in [0.29, 0.717) is 5.15 Å². The minimum absolute atomic E-state index is 0.522. The monoisotopic (exact) mass is 341 g/mol. The molecule has 1 rings (SSSR count). The van der Waals surface area contributed by atoms with Gasteiger partial charge in [0.2, 0.25) is 0 Å². The van der Waals surface area contributed by atoms with Gasteiger partial charge in [0.15, 0.2) is 5.96 Å². The van der Waals surface area contributed by atoms with Crippen molar-refractivity contribution < 1.29 is 4.74 Å². The van der Waals surface area contributed by atoms with Gasteiger partial charge in [-0.05, 0) is 32.0 Å². The first-order valence-corrected chi connectivity index (χ1v) is 8.33. The number of ether oxygens (including phenoxy) is 1. The van der Waals surface area contributed by atoms with Crippen LogP contribution in [0.25, 0.3) is 0 Å². The van der Waals surface area contributed by atoms with Crippen molar-refractivity contribution >= 4 is 17.6 Å². The third-order valence-electron chi connectivity index (χ3n) is 3.27. The van der Waals surface area contributed by atoms with Gasteiger partial charge in [-0.1, -0.05) is 17.7 Å². The quantitative estimate of drug-likeness (QED) is 0.383. The lowest BCUT2D eigenvalue weighted by molar-refractivity contribution is 0.163. The Morgan fingerprint density at radius 2 is 2.17 bits per heavy atom. The van der Waals surface area contributed by atoms with Gasteiger partial charge in [0.05, 0.1) is 13.2 Å². The van der Waals surface area contributed by atoms with Gasteiger partial charge < -0.3 is 20.3 Å². The Kier molecular flexibility index (Phi) is 10.4. The summed E-state index contributed by atoms with van der Waals surface area (Å²) >= 11 is 5.78. The first-order chi connectivity index (χ1) is 11.2. The van der Waals surface area contributed by atoms with Gasteiger partial charge in [0, 0.05) is 39.5 Å². The number of pyridine rings is 1. The maximum absolute atomic E-state index is 5.78. The number of aliphatic imine (C=N–C) groups is 1. The Balaban J connectivity index is 2.32. The van der Waals surface area contributed by atoms with E-state index in [9.17, 15) is 0 Å². The summed E-state index contributed by atoms with van der Waals surface area (Å²) in [5, 5.41) is 7.11. The molecule has 0 radical (unpaired) electrons. The highest BCUT2D eigenvalue weighted by molar-refractivity contribution is 6.29. The van der Waals surface area contributed by atoms with Crippen LogP contribution in [0.2, 0.25) is 5.15 Å². The van der Waals surface area contributed by atoms with Crippen molar-refractivity contribution in [1.82, 2.24) is 20.5 Å². The molecule has 0 bridgehead atoms. The SMILES string of the molecule is CCNC(=NCCN(C)CCOC)NCCc1ccc(Cl)nc1. The van der Waals surface area contributed by atoms with Crippen molar-refractivity contribution in [2.24, 2.45) is 4.99 Å². The van der Waals surface area contributed by atoms with E-state index in [0.717, 1.165) is 57.3 Å². The lowest BCUT2D eigenvalue weighted by Gasteiger charge is -2.15. The predicted molar refractivity (Wildman–Crippen MR) is 96.3 cm³/mol. The number of guanidine groups is 1. The molecular formula is C16H28ClN5O. The van der Waals surface area contributed by atoms with Crippen LogP contribution in [-0.2, 0) is 11.2 Å². The lowest BCUT2D eigenvalue weighted by Crippen LogP contribution is -2.39. The number of methoxy groups -OCH3 is 1. The maximum Gasteiger partial charge on any atom is 0.191 e. The fourth-order valence-electron chi connectivity index (χ4n) is 1.91. The van der Waals surface area contributed by atoms with Crippen molar-refractivity contribution in [3.8, 4) is 0 Å². The fraction of sp³-hybridized carbons (Fsp3) is 0.625. The van der Waals surface area contributed by atoms with Gasteiger partial charge in [-0.15, -0.1) is 0 Å². The zero-order chi connectivity index (χ0) is 16.9. The van der Waals surface area contributed by atoms with Gasteiger partial charge in [-0.2, -0.15) is 0 Å². The number of nitrogens with zero attached hydrogens (tertiary/aromatic N) is 3. The molecule has 0 aromatic carbocycles. The number of likely N-dealkylation sites (N-methyl/N-ethyl adjacent to an activating group) is 1. The van der Waals surface area contributed by atoms with E-state index in [1.807, 2.05) is 12.1 Å². The highest BCUT2D eigenvalue weighted by Gasteiger charge is 2.00. The predicted octanol–water partition coefficient (Wildman–Crippen LogP) is 1.41. The molecular weight excluding hydrogens is 314 g/mol. The minimum Gasteiger partial charge on any atom is -0.383 e. The van der Waals surface area contributed by atoms with Gasteiger partial charge >= 0.3 is 0 Å². The molecule has 0 atom stereocenters. The highest BCUT2D eigenvalue weighted by Crippen LogP contribution is 2.05. The zero-order valence-electron chi connectivity index (χ0n) is 14.3. The highest BCUT2D eigenvalue weighted by atomic mass is 35.5. The summed E-state index contributed by atoms with van der Waals surface area (Å²) in [6.07, 6.45) is 2.68. The Morgan fingerprint density at radius 1 is 1.35 bits per heavy atom. The van der Waals surface area contributed by atoms with Gasteiger partial charge in [0.1, 0.15) is 5.15 Å². The molecule has 23 heavy (non-hydrogen) atoms. The van der Waals surface area contributed by atoms with Crippen molar-refractivity contribution in [2.45, 2.75) is 13.3 Å². The van der Waals surface area contributed by atoms with Crippen molar-refractivity contribution in [3.05, 3.63) is 29.0 Å². The molecule has 7 heteroatoms. The molecule has 0 aliphatic heterocycles. The van der Waals surface area contributed by atoms with Crippen LogP contribution in [0.15, 0.2) is 23.3 Å². The Morgan fingerprint density at radius 3 is 2.83 bits per heavy atom. The number of nitrogens with one attached hydrogen (secondary N) is 2. The second-order valence-corrected chi connectivity index (χ2v) is 5.61. The average Bonchev–Trinajstić information content (AvgIpc) is 2.54. The standard InChI is InChI=1S/C16H28ClN5O/c1-4-18-16(20-9-10-22(2)11-12-23-3)19-8-7-14-5-6-15(17)21-13-14/h5-6,13H,4,7-12H2,1-3H3,(H2,18,19,20). The van der Waals surface area contributed by atoms with E-state index in [-0.39, 0.29) is 0 Å². The molecule has 0 saturated carbocycles. The van der Waals surface area contributed by atoms with Crippen LogP contribution in [0.4, 0.5) is 0 Å². The molecule has 0 spiro atoms. The van der Waals surface area contributed by atoms with Crippen LogP contribution >= 0.6 is 11.6 Å². The lowest BCUT2D eigenvalue weighted by atomic mass is 10.2. The Hall–Kier alpha value is -1.37. The van der Waals surface area contributed by atoms with E-state index in [4.69, 9.17) is 16.3 Å². The van der Waals surface area contributed by atoms with Crippen molar-refractivity contribution in [1.29, 1.82) is 0 Å². The van der Waals surface area contributed by atoms with E-state index < -0.39 is 0 Å². The topological polar surface area (TPSA) is 61.8 Å². The summed E-state index contributed by atoms with van der Waals surface area (Å²) in [5.41, 5.74) is 1.15. The molecule has 6 nitrogen and oxygen atoms in total. The van der Waals surface area contributed by atoms with Gasteiger partial charge in [-0.3, -0.25) is 4.99 Å². The third-order valence-corrected chi connectivity index (χ3v) is 3.49. The summed E-state index contributed by atoms with van der Waals surface area (Å²) in [6.45, 7) is 7.01. The normalized spacial score (nSPS) is 11.8. The molecule has 1 heterocycles. The van der Waals surface area contributed by atoms with Crippen LogP contribution in [0.1, 0.15) is 12.5 Å². The van der Waals surface area contributed by atoms with Crippen LogP contribution < -0.4 is 10.6 Å². The third kappa shape index (κ3) is 9.38. The molecule has 0 aliphatic rings. The zero-order valence-corrected chi connectivity index (χ0v) is 15.1. The summed E-state index contributed by atoms with van der Waals surface area (Å²) in [7, 11) is 3.79. The molecule has 0 aliphatic carbocycles. The van der Waals surface area contributed by atoms with Crippen LogP contribution in [0.5, 0.6) is 0 Å². The first kappa shape index (κ1) is 19.7. The van der Waals surface area contributed by atoms with Crippen LogP contribution in [0.3, 0.4) is 0 Å². The van der Waals surface area contributed by atoms with Crippen LogP contribution in [-0.4, -0.2) is 69.3 Å². The fourth-order valence-corrected chi connectivity index (χ4v) is 2.02. The number of hydrogen-bond acceptors (Lipinski definition) is 4. The number of halogens is 1. The largest absolute Gasteiger partial charge is 0.383 e. The summed E-state index contributed by atoms with van der Waals surface area (Å²) in [4.78, 5) is 10.9. The smallest absolute Gasteiger partial charge is 0.191 e. The first-order valence-electron chi connectivity index (χ1n) is 7.95. The second kappa shape index (κ2) is 12.1. The van der Waals surface area contributed by atoms with E-state index in [1.165, 1.54) is 0 Å². The Labute approximate surface area is 144 Å². The summed E-state index contributed by atoms with van der Waals surface area (Å²) in [6, 6.07) is 3.80. The minimum atomic E-state index is 0.522. The van der Waals surface area contributed by atoms with Gasteiger partial charge in [-0.25, -0.2) is 4.98 Å². The van der Waals surface area contributed by atoms with Crippen molar-refractivity contribution in [3.63, 3.8) is 0 Å². The summed E-state index contributed by atoms with van der Waals surface area (Å²) < 4.78 is 5.07. The van der Waals surface area contributed by atoms with Crippen molar-refractivity contribution in [2.75, 3.05) is 53.5 Å².